The minimum atomic E-state index is -0.259. The molecule has 4 nitrogen and oxygen atoms in total. The molecule has 2 aromatic carbocycles. The van der Waals surface area contributed by atoms with Gasteiger partial charge in [0.05, 0.1) is 6.54 Å². The molecule has 2 N–H and O–H groups in total. The number of amides is 2. The molecule has 0 spiro atoms. The summed E-state index contributed by atoms with van der Waals surface area (Å²) in [5, 5.41) is 5.39. The Morgan fingerprint density at radius 1 is 0.909 bits per heavy atom. The van der Waals surface area contributed by atoms with Crippen molar-refractivity contribution in [3.63, 3.8) is 0 Å². The van der Waals surface area contributed by atoms with E-state index in [4.69, 9.17) is 0 Å². The van der Waals surface area contributed by atoms with Crippen molar-refractivity contribution < 1.29 is 9.59 Å². The quantitative estimate of drug-likeness (QED) is 0.831. The number of nitrogens with one attached hydrogen (secondary N) is 2. The molecular weight excluding hydrogens is 344 g/mol. The number of halogens is 1. The van der Waals surface area contributed by atoms with E-state index >= 15 is 0 Å². The number of carbonyl (C=O) groups is 2. The van der Waals surface area contributed by atoms with Crippen molar-refractivity contribution in [2.24, 2.45) is 0 Å². The summed E-state index contributed by atoms with van der Waals surface area (Å²) < 4.78 is 0.905. The Balaban J connectivity index is 1.69. The maximum absolute atomic E-state index is 11.8. The molecule has 0 aromatic heterocycles. The molecule has 2 rings (SSSR count). The van der Waals surface area contributed by atoms with Crippen LogP contribution in [0.3, 0.4) is 0 Å². The second-order valence-corrected chi connectivity index (χ2v) is 5.69. The van der Waals surface area contributed by atoms with Crippen LogP contribution in [-0.2, 0) is 11.2 Å². The fourth-order valence-corrected chi connectivity index (χ4v) is 2.18. The second-order valence-electron chi connectivity index (χ2n) is 4.78. The molecule has 0 heterocycles. The van der Waals surface area contributed by atoms with Crippen LogP contribution < -0.4 is 10.6 Å². The Morgan fingerprint density at radius 3 is 2.27 bits per heavy atom. The molecule has 0 radical (unpaired) electrons. The van der Waals surface area contributed by atoms with Crippen molar-refractivity contribution in [1.29, 1.82) is 0 Å². The van der Waals surface area contributed by atoms with Gasteiger partial charge in [-0.3, -0.25) is 9.59 Å². The Labute approximate surface area is 138 Å². The van der Waals surface area contributed by atoms with E-state index < -0.39 is 0 Å². The predicted molar refractivity (Wildman–Crippen MR) is 89.6 cm³/mol. The molecule has 0 fully saturated rings. The van der Waals surface area contributed by atoms with Crippen LogP contribution in [0.5, 0.6) is 0 Å². The molecule has 114 valence electrons. The van der Waals surface area contributed by atoms with Crippen LogP contribution in [0.1, 0.15) is 15.9 Å². The average molecular weight is 361 g/mol. The van der Waals surface area contributed by atoms with E-state index in [9.17, 15) is 9.59 Å². The van der Waals surface area contributed by atoms with Gasteiger partial charge in [0.1, 0.15) is 0 Å². The average Bonchev–Trinajstić information content (AvgIpc) is 2.54. The first-order chi connectivity index (χ1) is 10.6. The molecule has 0 saturated heterocycles. The summed E-state index contributed by atoms with van der Waals surface area (Å²) in [5.41, 5.74) is 1.70. The third-order valence-corrected chi connectivity index (χ3v) is 3.62. The minimum absolute atomic E-state index is 0.0241. The lowest BCUT2D eigenvalue weighted by Gasteiger charge is -2.07. The number of benzene rings is 2. The third-order valence-electron chi connectivity index (χ3n) is 3.09. The summed E-state index contributed by atoms with van der Waals surface area (Å²) in [6.45, 7) is 0.528. The van der Waals surface area contributed by atoms with E-state index in [1.165, 1.54) is 5.56 Å². The maximum Gasteiger partial charge on any atom is 0.251 e. The summed E-state index contributed by atoms with van der Waals surface area (Å²) >= 11 is 3.31. The topological polar surface area (TPSA) is 58.2 Å². The van der Waals surface area contributed by atoms with E-state index in [-0.39, 0.29) is 18.4 Å². The SMILES string of the molecule is O=C(CNC(=O)c1ccc(Br)cc1)NCCc1ccccc1. The molecule has 0 bridgehead atoms. The second kappa shape index (κ2) is 8.34. The zero-order chi connectivity index (χ0) is 15.8. The van der Waals surface area contributed by atoms with Crippen molar-refractivity contribution in [3.05, 3.63) is 70.2 Å². The smallest absolute Gasteiger partial charge is 0.251 e. The highest BCUT2D eigenvalue weighted by Gasteiger charge is 2.07. The Hall–Kier alpha value is -2.14. The molecule has 0 saturated carbocycles. The lowest BCUT2D eigenvalue weighted by molar-refractivity contribution is -0.120. The summed E-state index contributed by atoms with van der Waals surface area (Å²) in [4.78, 5) is 23.5. The van der Waals surface area contributed by atoms with Gasteiger partial charge in [-0.05, 0) is 36.2 Å². The molecule has 0 atom stereocenters. The van der Waals surface area contributed by atoms with E-state index in [0.29, 0.717) is 12.1 Å². The first-order valence-corrected chi connectivity index (χ1v) is 7.79. The summed E-state index contributed by atoms with van der Waals surface area (Å²) in [6, 6.07) is 16.9. The van der Waals surface area contributed by atoms with Crippen molar-refractivity contribution in [3.8, 4) is 0 Å². The number of rotatable bonds is 6. The zero-order valence-corrected chi connectivity index (χ0v) is 13.6. The van der Waals surface area contributed by atoms with Crippen molar-refractivity contribution >= 4 is 27.7 Å². The fourth-order valence-electron chi connectivity index (χ4n) is 1.92. The van der Waals surface area contributed by atoms with Crippen molar-refractivity contribution in [2.75, 3.05) is 13.1 Å². The molecule has 22 heavy (non-hydrogen) atoms. The molecule has 2 aromatic rings. The van der Waals surface area contributed by atoms with Gasteiger partial charge in [-0.25, -0.2) is 0 Å². The highest BCUT2D eigenvalue weighted by atomic mass is 79.9. The van der Waals surface area contributed by atoms with E-state index in [0.717, 1.165) is 10.9 Å². The lowest BCUT2D eigenvalue weighted by Crippen LogP contribution is -2.37. The summed E-state index contributed by atoms with van der Waals surface area (Å²) in [5.74, 6) is -0.452. The Morgan fingerprint density at radius 2 is 1.59 bits per heavy atom. The van der Waals surface area contributed by atoms with Gasteiger partial charge in [-0.1, -0.05) is 46.3 Å². The van der Waals surface area contributed by atoms with Crippen molar-refractivity contribution in [2.45, 2.75) is 6.42 Å². The van der Waals surface area contributed by atoms with Gasteiger partial charge in [0, 0.05) is 16.6 Å². The van der Waals surface area contributed by atoms with Gasteiger partial charge < -0.3 is 10.6 Å². The number of hydrogen-bond donors (Lipinski definition) is 2. The summed E-state index contributed by atoms with van der Waals surface area (Å²) in [6.07, 6.45) is 0.771. The highest BCUT2D eigenvalue weighted by molar-refractivity contribution is 9.10. The first-order valence-electron chi connectivity index (χ1n) is 6.99. The first kappa shape index (κ1) is 16.2. The molecule has 0 aliphatic heterocycles. The van der Waals surface area contributed by atoms with Gasteiger partial charge in [0.2, 0.25) is 5.91 Å². The number of hydrogen-bond acceptors (Lipinski definition) is 2. The molecule has 0 unspecified atom stereocenters. The van der Waals surface area contributed by atoms with Crippen LogP contribution in [0.15, 0.2) is 59.1 Å². The van der Waals surface area contributed by atoms with Crippen LogP contribution in [0, 0.1) is 0 Å². The van der Waals surface area contributed by atoms with Crippen LogP contribution in [0.25, 0.3) is 0 Å². The van der Waals surface area contributed by atoms with Gasteiger partial charge in [-0.15, -0.1) is 0 Å². The maximum atomic E-state index is 11.8. The normalized spacial score (nSPS) is 10.0. The van der Waals surface area contributed by atoms with Gasteiger partial charge in [0.25, 0.3) is 5.91 Å². The molecule has 5 heteroatoms. The third kappa shape index (κ3) is 5.33. The van der Waals surface area contributed by atoms with Gasteiger partial charge in [-0.2, -0.15) is 0 Å². The van der Waals surface area contributed by atoms with Crippen LogP contribution in [-0.4, -0.2) is 24.9 Å². The van der Waals surface area contributed by atoms with Crippen LogP contribution in [0.2, 0.25) is 0 Å². The van der Waals surface area contributed by atoms with E-state index in [1.807, 2.05) is 30.3 Å². The standard InChI is InChI=1S/C17H17BrN2O2/c18-15-8-6-14(7-9-15)17(22)20-12-16(21)19-11-10-13-4-2-1-3-5-13/h1-9H,10-12H2,(H,19,21)(H,20,22). The van der Waals surface area contributed by atoms with Crippen molar-refractivity contribution in [1.82, 2.24) is 10.6 Å². The highest BCUT2D eigenvalue weighted by Crippen LogP contribution is 2.10. The zero-order valence-electron chi connectivity index (χ0n) is 12.0. The molecule has 0 aliphatic carbocycles. The van der Waals surface area contributed by atoms with Gasteiger partial charge in [0.15, 0.2) is 0 Å². The lowest BCUT2D eigenvalue weighted by atomic mass is 10.1. The van der Waals surface area contributed by atoms with E-state index in [2.05, 4.69) is 26.6 Å². The van der Waals surface area contributed by atoms with Gasteiger partial charge >= 0.3 is 0 Å². The fraction of sp³-hybridized carbons (Fsp3) is 0.176. The molecule has 2 amide bonds. The minimum Gasteiger partial charge on any atom is -0.354 e. The molecular formula is C17H17BrN2O2. The summed E-state index contributed by atoms with van der Waals surface area (Å²) in [7, 11) is 0. The number of carbonyl (C=O) groups excluding carboxylic acids is 2. The van der Waals surface area contributed by atoms with Crippen LogP contribution in [0.4, 0.5) is 0 Å². The molecule has 0 aliphatic rings. The largest absolute Gasteiger partial charge is 0.354 e. The Kier molecular flexibility index (Phi) is 6.15. The monoisotopic (exact) mass is 360 g/mol. The van der Waals surface area contributed by atoms with Crippen LogP contribution >= 0.6 is 15.9 Å². The van der Waals surface area contributed by atoms with E-state index in [1.54, 1.807) is 24.3 Å². The Bertz CT molecular complexity index is 627. The predicted octanol–water partition coefficient (Wildman–Crippen LogP) is 2.54.